The first kappa shape index (κ1) is 17.3. The van der Waals surface area contributed by atoms with Crippen LogP contribution >= 0.6 is 0 Å². The molecule has 1 aliphatic rings. The molecule has 1 aromatic heterocycles. The van der Waals surface area contributed by atoms with Gasteiger partial charge in [0.15, 0.2) is 5.69 Å². The summed E-state index contributed by atoms with van der Waals surface area (Å²) in [6.07, 6.45) is -0.514. The number of nitrogens with zero attached hydrogens (tertiary/aromatic N) is 2. The fourth-order valence-electron chi connectivity index (χ4n) is 2.67. The van der Waals surface area contributed by atoms with Gasteiger partial charge in [0.1, 0.15) is 17.5 Å². The molecule has 8 heteroatoms. The van der Waals surface area contributed by atoms with Crippen molar-refractivity contribution < 1.29 is 18.3 Å². The number of amides is 1. The molecule has 0 saturated carbocycles. The summed E-state index contributed by atoms with van der Waals surface area (Å²) in [6.45, 7) is 2.03. The Morgan fingerprint density at radius 1 is 1.32 bits per heavy atom. The molecule has 0 spiro atoms. The average Bonchev–Trinajstić information content (AvgIpc) is 3.09. The van der Waals surface area contributed by atoms with Crippen LogP contribution in [0.1, 0.15) is 35.4 Å². The number of halogens is 2. The molecule has 1 saturated heterocycles. The number of benzene rings is 1. The van der Waals surface area contributed by atoms with E-state index in [1.54, 1.807) is 24.3 Å². The third-order valence-corrected chi connectivity index (χ3v) is 4.15. The number of alkyl halides is 2. The fraction of sp³-hybridized carbons (Fsp3) is 0.412. The van der Waals surface area contributed by atoms with Gasteiger partial charge < -0.3 is 15.0 Å². The molecule has 2 heterocycles. The Morgan fingerprint density at radius 3 is 2.60 bits per heavy atom. The van der Waals surface area contributed by atoms with E-state index in [4.69, 9.17) is 4.74 Å². The van der Waals surface area contributed by atoms with Gasteiger partial charge in [0.25, 0.3) is 12.3 Å². The molecule has 2 aromatic rings. The number of nitrogens with one attached hydrogen (secondary N) is 2. The number of H-pyrrole nitrogens is 1. The van der Waals surface area contributed by atoms with E-state index in [1.807, 2.05) is 0 Å². The van der Waals surface area contributed by atoms with Crippen molar-refractivity contribution in [2.75, 3.05) is 25.5 Å². The van der Waals surface area contributed by atoms with E-state index in [0.717, 1.165) is 37.7 Å². The molecule has 1 amide bonds. The molecule has 1 fully saturated rings. The highest BCUT2D eigenvalue weighted by molar-refractivity contribution is 6.02. The first-order valence-electron chi connectivity index (χ1n) is 8.11. The number of aromatic nitrogens is 2. The maximum atomic E-state index is 12.5. The van der Waals surface area contributed by atoms with E-state index in [-0.39, 0.29) is 17.5 Å². The Morgan fingerprint density at radius 2 is 2.00 bits per heavy atom. The van der Waals surface area contributed by atoms with E-state index in [1.165, 1.54) is 0 Å². The number of likely N-dealkylation sites (tertiary alicyclic amines) is 1. The Hall–Kier alpha value is -2.48. The molecular weight excluding hydrogens is 330 g/mol. The molecule has 0 bridgehead atoms. The zero-order chi connectivity index (χ0) is 17.8. The summed E-state index contributed by atoms with van der Waals surface area (Å²) in [4.78, 5) is 14.3. The number of hydrogen-bond acceptors (Lipinski definition) is 4. The minimum absolute atomic E-state index is 0.0815. The van der Waals surface area contributed by atoms with Crippen LogP contribution in [0.4, 0.5) is 14.5 Å². The molecule has 2 N–H and O–H groups in total. The lowest BCUT2D eigenvalue weighted by atomic mass is 10.1. The highest BCUT2D eigenvalue weighted by Gasteiger charge is 2.18. The summed E-state index contributed by atoms with van der Waals surface area (Å²) < 4.78 is 31.0. The topological polar surface area (TPSA) is 70.2 Å². The van der Waals surface area contributed by atoms with Gasteiger partial charge in [-0.1, -0.05) is 0 Å². The zero-order valence-electron chi connectivity index (χ0n) is 13.8. The van der Waals surface area contributed by atoms with Crippen LogP contribution in [-0.4, -0.2) is 47.2 Å². The lowest BCUT2D eigenvalue weighted by Gasteiger charge is -2.29. The van der Waals surface area contributed by atoms with Crippen LogP contribution in [0.5, 0.6) is 5.75 Å². The molecule has 0 radical (unpaired) electrons. The molecule has 0 aliphatic carbocycles. The first-order valence-corrected chi connectivity index (χ1v) is 8.11. The number of carbonyl (C=O) groups is 1. The third-order valence-electron chi connectivity index (χ3n) is 4.15. The summed E-state index contributed by atoms with van der Waals surface area (Å²) in [5.41, 5.74) is 0.0799. The second-order valence-electron chi connectivity index (χ2n) is 6.11. The molecule has 3 rings (SSSR count). The van der Waals surface area contributed by atoms with Crippen molar-refractivity contribution >= 4 is 11.6 Å². The molecule has 1 aromatic carbocycles. The van der Waals surface area contributed by atoms with Gasteiger partial charge in [0.2, 0.25) is 0 Å². The van der Waals surface area contributed by atoms with Crippen molar-refractivity contribution in [1.29, 1.82) is 0 Å². The Bertz CT molecular complexity index is 710. The molecule has 6 nitrogen and oxygen atoms in total. The fourth-order valence-corrected chi connectivity index (χ4v) is 2.67. The second kappa shape index (κ2) is 7.60. The maximum absolute atomic E-state index is 12.5. The SMILES string of the molecule is CN1CCC(Oc2ccc(NC(=O)c3cc(C(F)F)[nH]n3)cc2)CC1. The minimum atomic E-state index is -2.69. The summed E-state index contributed by atoms with van der Waals surface area (Å²) in [5, 5.41) is 8.35. The second-order valence-corrected chi connectivity index (χ2v) is 6.11. The van der Waals surface area contributed by atoms with Gasteiger partial charge in [-0.2, -0.15) is 5.10 Å². The molecular formula is C17H20F2N4O2. The molecule has 1 aliphatic heterocycles. The number of anilines is 1. The van der Waals surface area contributed by atoms with Crippen molar-refractivity contribution in [1.82, 2.24) is 15.1 Å². The van der Waals surface area contributed by atoms with Crippen molar-refractivity contribution in [3.8, 4) is 5.75 Å². The predicted octanol–water partition coefficient (Wildman–Crippen LogP) is 3.07. The van der Waals surface area contributed by atoms with Crippen molar-refractivity contribution in [3.05, 3.63) is 41.7 Å². The van der Waals surface area contributed by atoms with Gasteiger partial charge in [-0.15, -0.1) is 0 Å². The van der Waals surface area contributed by atoms with Crippen LogP contribution in [0, 0.1) is 0 Å². The number of ether oxygens (including phenoxy) is 1. The monoisotopic (exact) mass is 350 g/mol. The molecule has 25 heavy (non-hydrogen) atoms. The molecule has 0 atom stereocenters. The van der Waals surface area contributed by atoms with Crippen LogP contribution in [0.3, 0.4) is 0 Å². The smallest absolute Gasteiger partial charge is 0.279 e. The van der Waals surface area contributed by atoms with Crippen LogP contribution in [0.25, 0.3) is 0 Å². The van der Waals surface area contributed by atoms with Gasteiger partial charge in [0.05, 0.1) is 0 Å². The number of aromatic amines is 1. The summed E-state index contributed by atoms with van der Waals surface area (Å²) >= 11 is 0. The van der Waals surface area contributed by atoms with E-state index in [0.29, 0.717) is 5.69 Å². The lowest BCUT2D eigenvalue weighted by Crippen LogP contribution is -2.35. The van der Waals surface area contributed by atoms with Crippen molar-refractivity contribution in [2.45, 2.75) is 25.4 Å². The third kappa shape index (κ3) is 4.54. The van der Waals surface area contributed by atoms with Crippen LogP contribution in [0.15, 0.2) is 30.3 Å². The highest BCUT2D eigenvalue weighted by Crippen LogP contribution is 2.21. The first-order chi connectivity index (χ1) is 12.0. The van der Waals surface area contributed by atoms with Gasteiger partial charge >= 0.3 is 0 Å². The van der Waals surface area contributed by atoms with E-state index in [9.17, 15) is 13.6 Å². The summed E-state index contributed by atoms with van der Waals surface area (Å²) in [7, 11) is 2.09. The van der Waals surface area contributed by atoms with Gasteiger partial charge in [-0.3, -0.25) is 9.89 Å². The lowest BCUT2D eigenvalue weighted by molar-refractivity contribution is 0.102. The van der Waals surface area contributed by atoms with Crippen molar-refractivity contribution in [2.24, 2.45) is 0 Å². The van der Waals surface area contributed by atoms with Crippen LogP contribution in [-0.2, 0) is 0 Å². The molecule has 0 unspecified atom stereocenters. The van der Waals surface area contributed by atoms with Crippen LogP contribution in [0.2, 0.25) is 0 Å². The van der Waals surface area contributed by atoms with E-state index in [2.05, 4.69) is 27.5 Å². The van der Waals surface area contributed by atoms with E-state index < -0.39 is 12.3 Å². The predicted molar refractivity (Wildman–Crippen MR) is 89.1 cm³/mol. The Balaban J connectivity index is 1.55. The average molecular weight is 350 g/mol. The molecule has 134 valence electrons. The minimum Gasteiger partial charge on any atom is -0.490 e. The van der Waals surface area contributed by atoms with Gasteiger partial charge in [0, 0.05) is 18.8 Å². The largest absolute Gasteiger partial charge is 0.490 e. The Labute approximate surface area is 144 Å². The van der Waals surface area contributed by atoms with Gasteiger partial charge in [-0.25, -0.2) is 8.78 Å². The standard InChI is InChI=1S/C17H20F2N4O2/c1-23-8-6-13(7-9-23)25-12-4-2-11(3-5-12)20-17(24)15-10-14(16(18)19)21-22-15/h2-5,10,13,16H,6-9H2,1H3,(H,20,24)(H,21,22). The quantitative estimate of drug-likeness (QED) is 0.869. The van der Waals surface area contributed by atoms with Crippen LogP contribution < -0.4 is 10.1 Å². The Kier molecular flexibility index (Phi) is 5.28. The van der Waals surface area contributed by atoms with Gasteiger partial charge in [-0.05, 0) is 50.2 Å². The maximum Gasteiger partial charge on any atom is 0.279 e. The summed E-state index contributed by atoms with van der Waals surface area (Å²) in [5.74, 6) is 0.194. The normalized spacial score (nSPS) is 16.2. The number of carbonyl (C=O) groups excluding carboxylic acids is 1. The highest BCUT2D eigenvalue weighted by atomic mass is 19.3. The summed E-state index contributed by atoms with van der Waals surface area (Å²) in [6, 6.07) is 8.02. The van der Waals surface area contributed by atoms with E-state index >= 15 is 0 Å². The van der Waals surface area contributed by atoms with Crippen molar-refractivity contribution in [3.63, 3.8) is 0 Å². The number of rotatable bonds is 5. The number of hydrogen-bond donors (Lipinski definition) is 2. The number of piperidine rings is 1. The zero-order valence-corrected chi connectivity index (χ0v) is 13.8.